The van der Waals surface area contributed by atoms with Gasteiger partial charge in [0, 0.05) is 11.6 Å². The molecule has 112 valence electrons. The lowest BCUT2D eigenvalue weighted by atomic mass is 10.0. The van der Waals surface area contributed by atoms with Crippen LogP contribution in [-0.2, 0) is 0 Å². The molecule has 0 saturated heterocycles. The minimum atomic E-state index is 0.337. The van der Waals surface area contributed by atoms with E-state index in [0.717, 1.165) is 17.3 Å². The second-order valence-electron chi connectivity index (χ2n) is 6.01. The normalized spacial score (nSPS) is 11.1. The molecule has 0 atom stereocenters. The third-order valence-electron chi connectivity index (χ3n) is 3.86. The number of hydrogen-bond acceptors (Lipinski definition) is 2. The van der Waals surface area contributed by atoms with Crippen molar-refractivity contribution in [3.63, 3.8) is 0 Å². The fourth-order valence-corrected chi connectivity index (χ4v) is 2.64. The van der Waals surface area contributed by atoms with Crippen LogP contribution in [0.15, 0.2) is 48.5 Å². The fourth-order valence-electron chi connectivity index (χ4n) is 2.64. The van der Waals surface area contributed by atoms with Crippen LogP contribution in [-0.4, -0.2) is 14.8 Å². The van der Waals surface area contributed by atoms with Gasteiger partial charge in [0.05, 0.1) is 0 Å². The summed E-state index contributed by atoms with van der Waals surface area (Å²) in [7, 11) is 0. The zero-order valence-electron chi connectivity index (χ0n) is 13.5. The summed E-state index contributed by atoms with van der Waals surface area (Å²) in [4.78, 5) is 0. The third-order valence-corrected chi connectivity index (χ3v) is 3.86. The lowest BCUT2D eigenvalue weighted by Crippen LogP contribution is -2.04. The fraction of sp³-hybridized carbons (Fsp3) is 0.263. The molecule has 3 heteroatoms. The summed E-state index contributed by atoms with van der Waals surface area (Å²) in [6.45, 7) is 8.39. The third kappa shape index (κ3) is 2.67. The molecule has 1 aromatic heterocycles. The summed E-state index contributed by atoms with van der Waals surface area (Å²) in [5.41, 5.74) is 4.82. The molecular weight excluding hydrogens is 270 g/mol. The van der Waals surface area contributed by atoms with E-state index in [1.165, 1.54) is 16.7 Å². The maximum Gasteiger partial charge on any atom is 0.140 e. The number of aryl methyl sites for hydroxylation is 2. The van der Waals surface area contributed by atoms with Gasteiger partial charge in [0.15, 0.2) is 0 Å². The molecule has 0 spiro atoms. The smallest absolute Gasteiger partial charge is 0.140 e. The van der Waals surface area contributed by atoms with Crippen molar-refractivity contribution in [2.75, 3.05) is 0 Å². The molecule has 0 saturated carbocycles. The molecule has 0 aliphatic carbocycles. The molecule has 0 aliphatic heterocycles. The molecule has 0 aliphatic rings. The van der Waals surface area contributed by atoms with Gasteiger partial charge < -0.3 is 0 Å². The topological polar surface area (TPSA) is 30.7 Å². The van der Waals surface area contributed by atoms with Gasteiger partial charge in [0.25, 0.3) is 0 Å². The SMILES string of the molecule is Cc1ccc(-c2cccc(-n3c(C)nnc3C(C)C)c2)cc1. The highest BCUT2D eigenvalue weighted by Crippen LogP contribution is 2.25. The van der Waals surface area contributed by atoms with Crippen LogP contribution in [0.5, 0.6) is 0 Å². The Morgan fingerprint density at radius 2 is 1.59 bits per heavy atom. The summed E-state index contributed by atoms with van der Waals surface area (Å²) >= 11 is 0. The number of rotatable bonds is 3. The van der Waals surface area contributed by atoms with Crippen LogP contribution < -0.4 is 0 Å². The Hall–Kier alpha value is -2.42. The van der Waals surface area contributed by atoms with E-state index in [9.17, 15) is 0 Å². The molecule has 0 fully saturated rings. The molecule has 0 amide bonds. The van der Waals surface area contributed by atoms with Crippen molar-refractivity contribution in [2.45, 2.75) is 33.6 Å². The van der Waals surface area contributed by atoms with Crippen LogP contribution >= 0.6 is 0 Å². The van der Waals surface area contributed by atoms with Crippen LogP contribution in [0.25, 0.3) is 16.8 Å². The van der Waals surface area contributed by atoms with Crippen LogP contribution in [0.2, 0.25) is 0 Å². The lowest BCUT2D eigenvalue weighted by Gasteiger charge is -2.12. The summed E-state index contributed by atoms with van der Waals surface area (Å²) in [5.74, 6) is 2.26. The standard InChI is InChI=1S/C19H21N3/c1-13(2)19-21-20-15(4)22(19)18-7-5-6-17(12-18)16-10-8-14(3)9-11-16/h5-13H,1-4H3. The first-order chi connectivity index (χ1) is 10.6. The Morgan fingerprint density at radius 3 is 2.27 bits per heavy atom. The van der Waals surface area contributed by atoms with E-state index in [4.69, 9.17) is 0 Å². The average Bonchev–Trinajstić information content (AvgIpc) is 2.90. The van der Waals surface area contributed by atoms with Crippen molar-refractivity contribution in [3.05, 3.63) is 65.7 Å². The van der Waals surface area contributed by atoms with E-state index in [2.05, 4.69) is 84.1 Å². The average molecular weight is 291 g/mol. The van der Waals surface area contributed by atoms with Gasteiger partial charge in [-0.3, -0.25) is 4.57 Å². The zero-order chi connectivity index (χ0) is 15.7. The Bertz CT molecular complexity index is 783. The molecular formula is C19H21N3. The van der Waals surface area contributed by atoms with Gasteiger partial charge in [-0.05, 0) is 37.1 Å². The summed E-state index contributed by atoms with van der Waals surface area (Å²) in [6, 6.07) is 17.2. The van der Waals surface area contributed by atoms with Gasteiger partial charge in [0.2, 0.25) is 0 Å². The van der Waals surface area contributed by atoms with Crippen molar-refractivity contribution < 1.29 is 0 Å². The Balaban J connectivity index is 2.09. The highest BCUT2D eigenvalue weighted by atomic mass is 15.3. The molecule has 0 bridgehead atoms. The van der Waals surface area contributed by atoms with Crippen molar-refractivity contribution in [2.24, 2.45) is 0 Å². The van der Waals surface area contributed by atoms with Gasteiger partial charge in [-0.25, -0.2) is 0 Å². The van der Waals surface area contributed by atoms with Crippen LogP contribution in [0.1, 0.15) is 37.0 Å². The van der Waals surface area contributed by atoms with Crippen LogP contribution in [0.3, 0.4) is 0 Å². The molecule has 22 heavy (non-hydrogen) atoms. The molecule has 0 unspecified atom stereocenters. The molecule has 1 heterocycles. The highest BCUT2D eigenvalue weighted by Gasteiger charge is 2.14. The van der Waals surface area contributed by atoms with Gasteiger partial charge in [0.1, 0.15) is 11.6 Å². The number of aromatic nitrogens is 3. The Labute approximate surface area is 131 Å². The van der Waals surface area contributed by atoms with E-state index in [1.807, 2.05) is 6.92 Å². The molecule has 3 nitrogen and oxygen atoms in total. The second-order valence-corrected chi connectivity index (χ2v) is 6.01. The van der Waals surface area contributed by atoms with E-state index in [1.54, 1.807) is 0 Å². The van der Waals surface area contributed by atoms with Crippen LogP contribution in [0, 0.1) is 13.8 Å². The first kappa shape index (κ1) is 14.5. The van der Waals surface area contributed by atoms with E-state index in [0.29, 0.717) is 5.92 Å². The predicted octanol–water partition coefficient (Wildman–Crippen LogP) is 4.67. The van der Waals surface area contributed by atoms with Gasteiger partial charge >= 0.3 is 0 Å². The van der Waals surface area contributed by atoms with Crippen molar-refractivity contribution >= 4 is 0 Å². The summed E-state index contributed by atoms with van der Waals surface area (Å²) < 4.78 is 2.14. The van der Waals surface area contributed by atoms with Crippen molar-refractivity contribution in [1.82, 2.24) is 14.8 Å². The molecule has 0 N–H and O–H groups in total. The largest absolute Gasteiger partial charge is 0.283 e. The lowest BCUT2D eigenvalue weighted by molar-refractivity contribution is 0.742. The highest BCUT2D eigenvalue weighted by molar-refractivity contribution is 5.66. The molecule has 3 aromatic rings. The minimum Gasteiger partial charge on any atom is -0.283 e. The second kappa shape index (κ2) is 5.76. The molecule has 2 aromatic carbocycles. The number of nitrogens with zero attached hydrogens (tertiary/aromatic N) is 3. The first-order valence-electron chi connectivity index (χ1n) is 7.65. The van der Waals surface area contributed by atoms with Crippen molar-refractivity contribution in [1.29, 1.82) is 0 Å². The zero-order valence-corrected chi connectivity index (χ0v) is 13.5. The Kier molecular flexibility index (Phi) is 3.80. The molecule has 0 radical (unpaired) electrons. The summed E-state index contributed by atoms with van der Waals surface area (Å²) in [6.07, 6.45) is 0. The summed E-state index contributed by atoms with van der Waals surface area (Å²) in [5, 5.41) is 8.56. The van der Waals surface area contributed by atoms with Crippen LogP contribution in [0.4, 0.5) is 0 Å². The monoisotopic (exact) mass is 291 g/mol. The van der Waals surface area contributed by atoms with Gasteiger partial charge in [-0.15, -0.1) is 10.2 Å². The predicted molar refractivity (Wildman–Crippen MR) is 90.4 cm³/mol. The minimum absolute atomic E-state index is 0.337. The van der Waals surface area contributed by atoms with E-state index < -0.39 is 0 Å². The Morgan fingerprint density at radius 1 is 0.864 bits per heavy atom. The maximum absolute atomic E-state index is 4.32. The van der Waals surface area contributed by atoms with E-state index in [-0.39, 0.29) is 0 Å². The maximum atomic E-state index is 4.32. The van der Waals surface area contributed by atoms with Gasteiger partial charge in [-0.1, -0.05) is 55.8 Å². The quantitative estimate of drug-likeness (QED) is 0.701. The number of benzene rings is 2. The molecule has 3 rings (SSSR count). The van der Waals surface area contributed by atoms with E-state index >= 15 is 0 Å². The number of hydrogen-bond donors (Lipinski definition) is 0. The van der Waals surface area contributed by atoms with Crippen molar-refractivity contribution in [3.8, 4) is 16.8 Å². The van der Waals surface area contributed by atoms with Gasteiger partial charge in [-0.2, -0.15) is 0 Å². The first-order valence-corrected chi connectivity index (χ1v) is 7.65.